The Balaban J connectivity index is 1.74. The van der Waals surface area contributed by atoms with Gasteiger partial charge in [-0.05, 0) is 28.5 Å². The molecule has 0 fully saturated rings. The second-order valence-electron chi connectivity index (χ2n) is 5.52. The van der Waals surface area contributed by atoms with Gasteiger partial charge in [0.25, 0.3) is 10.0 Å². The largest absolute Gasteiger partial charge is 0.277 e. The maximum absolute atomic E-state index is 12.3. The van der Waals surface area contributed by atoms with Gasteiger partial charge in [0.15, 0.2) is 0 Å². The van der Waals surface area contributed by atoms with Gasteiger partial charge in [-0.3, -0.25) is 10.2 Å². The molecule has 0 aliphatic rings. The molecular formula is C18H14Cl2N2O3S. The second-order valence-corrected chi connectivity index (χ2v) is 7.95. The molecule has 0 aliphatic heterocycles. The fourth-order valence-corrected chi connectivity index (χ4v) is 4.58. The quantitative estimate of drug-likeness (QED) is 0.631. The molecule has 0 heterocycles. The molecule has 0 aliphatic carbocycles. The van der Waals surface area contributed by atoms with Gasteiger partial charge in [-0.15, -0.1) is 4.83 Å². The van der Waals surface area contributed by atoms with Gasteiger partial charge in [-0.1, -0.05) is 71.7 Å². The summed E-state index contributed by atoms with van der Waals surface area (Å²) in [5, 5.41) is 1.87. The van der Waals surface area contributed by atoms with Crippen LogP contribution in [0, 0.1) is 0 Å². The average molecular weight is 409 g/mol. The van der Waals surface area contributed by atoms with Crippen molar-refractivity contribution in [3.8, 4) is 0 Å². The highest BCUT2D eigenvalue weighted by Gasteiger charge is 2.22. The Morgan fingerprint density at radius 3 is 2.23 bits per heavy atom. The topological polar surface area (TPSA) is 75.3 Å². The number of sulfonamides is 1. The Bertz CT molecular complexity index is 1060. The van der Waals surface area contributed by atoms with Crippen LogP contribution in [0.15, 0.2) is 65.6 Å². The van der Waals surface area contributed by atoms with Crippen molar-refractivity contribution in [1.82, 2.24) is 10.3 Å². The Kier molecular flexibility index (Phi) is 5.48. The van der Waals surface area contributed by atoms with Crippen LogP contribution < -0.4 is 10.3 Å². The number of hydrogen-bond donors (Lipinski definition) is 2. The monoisotopic (exact) mass is 408 g/mol. The van der Waals surface area contributed by atoms with E-state index in [1.54, 1.807) is 0 Å². The molecule has 0 saturated carbocycles. The Morgan fingerprint density at radius 1 is 0.885 bits per heavy atom. The van der Waals surface area contributed by atoms with E-state index < -0.39 is 15.9 Å². The average Bonchev–Trinajstić information content (AvgIpc) is 2.60. The third-order valence-electron chi connectivity index (χ3n) is 3.74. The molecule has 5 nitrogen and oxygen atoms in total. The smallest absolute Gasteiger partial charge is 0.260 e. The van der Waals surface area contributed by atoms with Crippen molar-refractivity contribution in [2.75, 3.05) is 0 Å². The van der Waals surface area contributed by atoms with E-state index in [2.05, 4.69) is 5.43 Å². The number of carbonyl (C=O) groups is 1. The third kappa shape index (κ3) is 3.99. The Hall–Kier alpha value is -2.12. The highest BCUT2D eigenvalue weighted by molar-refractivity contribution is 7.89. The Labute approximate surface area is 160 Å². The minimum atomic E-state index is -4.10. The second kappa shape index (κ2) is 7.63. The molecular weight excluding hydrogens is 395 g/mol. The summed E-state index contributed by atoms with van der Waals surface area (Å²) in [4.78, 5) is 13.9. The van der Waals surface area contributed by atoms with E-state index in [9.17, 15) is 13.2 Å². The van der Waals surface area contributed by atoms with Gasteiger partial charge < -0.3 is 0 Å². The first kappa shape index (κ1) is 18.7. The van der Waals surface area contributed by atoms with Crippen molar-refractivity contribution in [2.24, 2.45) is 0 Å². The van der Waals surface area contributed by atoms with E-state index in [0.29, 0.717) is 0 Å². The van der Waals surface area contributed by atoms with Gasteiger partial charge in [0.05, 0.1) is 16.5 Å². The van der Waals surface area contributed by atoms with Crippen molar-refractivity contribution in [3.63, 3.8) is 0 Å². The van der Waals surface area contributed by atoms with Gasteiger partial charge >= 0.3 is 0 Å². The van der Waals surface area contributed by atoms with E-state index >= 15 is 0 Å². The number of amides is 1. The first-order valence-electron chi connectivity index (χ1n) is 7.60. The van der Waals surface area contributed by atoms with Crippen LogP contribution >= 0.6 is 23.2 Å². The van der Waals surface area contributed by atoms with Crippen LogP contribution in [0.1, 0.15) is 5.56 Å². The molecule has 3 aromatic rings. The predicted molar refractivity (Wildman–Crippen MR) is 103 cm³/mol. The fourth-order valence-electron chi connectivity index (χ4n) is 2.58. The van der Waals surface area contributed by atoms with Crippen molar-refractivity contribution in [1.29, 1.82) is 0 Å². The van der Waals surface area contributed by atoms with Gasteiger partial charge in [0.2, 0.25) is 5.91 Å². The zero-order valence-electron chi connectivity index (χ0n) is 13.4. The summed E-state index contributed by atoms with van der Waals surface area (Å²) >= 11 is 11.8. The summed E-state index contributed by atoms with van der Waals surface area (Å²) in [6, 6.07) is 17.6. The maximum atomic E-state index is 12.3. The summed E-state index contributed by atoms with van der Waals surface area (Å²) in [5.41, 5.74) is 2.98. The van der Waals surface area contributed by atoms with Crippen molar-refractivity contribution in [3.05, 3.63) is 76.3 Å². The molecule has 0 saturated heterocycles. The summed E-state index contributed by atoms with van der Waals surface area (Å²) in [6.45, 7) is 0. The van der Waals surface area contributed by atoms with Crippen LogP contribution in [0.25, 0.3) is 10.8 Å². The van der Waals surface area contributed by atoms with Crippen LogP contribution in [0.3, 0.4) is 0 Å². The summed E-state index contributed by atoms with van der Waals surface area (Å²) < 4.78 is 24.7. The van der Waals surface area contributed by atoms with Crippen LogP contribution in [-0.4, -0.2) is 14.3 Å². The highest BCUT2D eigenvalue weighted by Crippen LogP contribution is 2.28. The standard InChI is InChI=1S/C18H14Cl2N2O3S/c19-15-9-4-10-16(20)18(15)26(24,25)22-21-17(23)11-13-7-3-6-12-5-1-2-8-14(12)13/h1-10,22H,11H2,(H,21,23). The summed E-state index contributed by atoms with van der Waals surface area (Å²) in [7, 11) is -4.10. The first-order valence-corrected chi connectivity index (χ1v) is 9.84. The minimum Gasteiger partial charge on any atom is -0.277 e. The SMILES string of the molecule is O=C(Cc1cccc2ccccc12)NNS(=O)(=O)c1c(Cl)cccc1Cl. The maximum Gasteiger partial charge on any atom is 0.260 e. The molecule has 134 valence electrons. The molecule has 0 aromatic heterocycles. The van der Waals surface area contributed by atoms with Crippen molar-refractivity contribution in [2.45, 2.75) is 11.3 Å². The number of carbonyl (C=O) groups excluding carboxylic acids is 1. The molecule has 0 radical (unpaired) electrons. The molecule has 1 amide bonds. The Morgan fingerprint density at radius 2 is 1.50 bits per heavy atom. The lowest BCUT2D eigenvalue weighted by Gasteiger charge is -2.11. The van der Waals surface area contributed by atoms with E-state index in [0.717, 1.165) is 16.3 Å². The van der Waals surface area contributed by atoms with Gasteiger partial charge in [0, 0.05) is 0 Å². The fraction of sp³-hybridized carbons (Fsp3) is 0.0556. The van der Waals surface area contributed by atoms with Crippen LogP contribution in [-0.2, 0) is 21.2 Å². The zero-order valence-corrected chi connectivity index (χ0v) is 15.7. The van der Waals surface area contributed by atoms with Gasteiger partial charge in [0.1, 0.15) is 4.90 Å². The number of hydrogen-bond acceptors (Lipinski definition) is 3. The normalized spacial score (nSPS) is 11.5. The molecule has 8 heteroatoms. The molecule has 2 N–H and O–H groups in total. The molecule has 0 bridgehead atoms. The lowest BCUT2D eigenvalue weighted by atomic mass is 10.0. The van der Waals surface area contributed by atoms with E-state index in [1.165, 1.54) is 18.2 Å². The molecule has 3 rings (SSSR count). The number of fused-ring (bicyclic) bond motifs is 1. The highest BCUT2D eigenvalue weighted by atomic mass is 35.5. The number of rotatable bonds is 5. The zero-order chi connectivity index (χ0) is 18.7. The molecule has 0 atom stereocenters. The third-order valence-corrected chi connectivity index (χ3v) is 5.95. The van der Waals surface area contributed by atoms with Crippen molar-refractivity contribution >= 4 is 49.9 Å². The van der Waals surface area contributed by atoms with Crippen LogP contribution in [0.4, 0.5) is 0 Å². The van der Waals surface area contributed by atoms with Gasteiger partial charge in [-0.25, -0.2) is 8.42 Å². The molecule has 26 heavy (non-hydrogen) atoms. The molecule has 0 unspecified atom stereocenters. The molecule has 0 spiro atoms. The summed E-state index contributed by atoms with van der Waals surface area (Å²) in [6.07, 6.45) is 0.0140. The first-order chi connectivity index (χ1) is 12.4. The number of hydrazine groups is 1. The number of nitrogens with one attached hydrogen (secondary N) is 2. The van der Waals surface area contributed by atoms with Gasteiger partial charge in [-0.2, -0.15) is 0 Å². The number of benzene rings is 3. The van der Waals surface area contributed by atoms with Crippen LogP contribution in [0.2, 0.25) is 10.0 Å². The molecule has 3 aromatic carbocycles. The van der Waals surface area contributed by atoms with Crippen molar-refractivity contribution < 1.29 is 13.2 Å². The van der Waals surface area contributed by atoms with E-state index in [-0.39, 0.29) is 21.4 Å². The summed E-state index contributed by atoms with van der Waals surface area (Å²) in [5.74, 6) is -0.506. The predicted octanol–water partition coefficient (Wildman–Crippen LogP) is 3.70. The number of halogens is 2. The van der Waals surface area contributed by atoms with E-state index in [4.69, 9.17) is 23.2 Å². The minimum absolute atomic E-state index is 0.0140. The lowest BCUT2D eigenvalue weighted by Crippen LogP contribution is -2.42. The lowest BCUT2D eigenvalue weighted by molar-refractivity contribution is -0.120. The van der Waals surface area contributed by atoms with Crippen LogP contribution in [0.5, 0.6) is 0 Å². The van der Waals surface area contributed by atoms with E-state index in [1.807, 2.05) is 47.3 Å².